The van der Waals surface area contributed by atoms with E-state index in [2.05, 4.69) is 7.57 Å². The Kier molecular flexibility index (Phi) is 92.6. The molecule has 0 amide bonds. The summed E-state index contributed by atoms with van der Waals surface area (Å²) in [5.74, 6) is 0. The maximum absolute atomic E-state index is 4.72. The molecule has 0 aromatic rings. The van der Waals surface area contributed by atoms with Gasteiger partial charge in [-0.25, -0.2) is 0 Å². The van der Waals surface area contributed by atoms with Crippen LogP contribution < -0.4 is 5.73 Å². The van der Waals surface area contributed by atoms with Crippen molar-refractivity contribution in [3.8, 4) is 0 Å². The molecule has 0 bridgehead atoms. The van der Waals surface area contributed by atoms with Gasteiger partial charge in [-0.15, -0.1) is 0 Å². The van der Waals surface area contributed by atoms with Crippen molar-refractivity contribution in [2.45, 2.75) is 6.92 Å². The van der Waals surface area contributed by atoms with E-state index in [0.717, 1.165) is 0 Å². The second kappa shape index (κ2) is 35.4. The summed E-state index contributed by atoms with van der Waals surface area (Å²) < 4.78 is 0. The Balaban J connectivity index is -0.0000000275. The van der Waals surface area contributed by atoms with Gasteiger partial charge in [-0.3, -0.25) is 6.54 Å². The maximum Gasteiger partial charge on any atom is 0.0996 e. The first kappa shape index (κ1) is 15.7. The van der Waals surface area contributed by atoms with E-state index in [1.54, 1.807) is 6.92 Å². The summed E-state index contributed by atoms with van der Waals surface area (Å²) in [7, 11) is 6.33. The van der Waals surface area contributed by atoms with Crippen molar-refractivity contribution in [2.75, 3.05) is 0 Å². The summed E-state index contributed by atoms with van der Waals surface area (Å²) >= 11 is 0. The van der Waals surface area contributed by atoms with Gasteiger partial charge >= 0.3 is 0 Å². The fraction of sp³-hybridized carbons (Fsp3) is 0.500. The predicted octanol–water partition coefficient (Wildman–Crippen LogP) is 0.0693. The monoisotopic (exact) mass is 272 g/mol. The minimum absolute atomic E-state index is 0. The third-order valence-electron chi connectivity index (χ3n) is 0. The zero-order valence-electron chi connectivity index (χ0n) is 3.72. The first-order valence-electron chi connectivity index (χ1n) is 1.24. The van der Waals surface area contributed by atoms with Crippen molar-refractivity contribution in [2.24, 2.45) is 5.73 Å². The largest absolute Gasteiger partial charge is 0.484 e. The molecular formula is C2H8BNPW-. The van der Waals surface area contributed by atoms with E-state index in [9.17, 15) is 0 Å². The predicted molar refractivity (Wildman–Crippen MR) is 29.6 cm³/mol. The molecule has 2 radical (unpaired) electrons. The van der Waals surface area contributed by atoms with Gasteiger partial charge in [0.05, 0.1) is 7.57 Å². The molecule has 0 aliphatic heterocycles. The quantitative estimate of drug-likeness (QED) is 0.377. The number of hydrogen-bond acceptors (Lipinski definition) is 1. The Labute approximate surface area is 57.3 Å². The molecule has 0 aliphatic carbocycles. The molecule has 0 fully saturated rings. The molecule has 0 spiro atoms. The molecule has 1 unspecified atom stereocenters. The van der Waals surface area contributed by atoms with E-state index >= 15 is 0 Å². The van der Waals surface area contributed by atoms with Crippen LogP contribution in [0, 0.1) is 6.54 Å². The van der Waals surface area contributed by atoms with Gasteiger partial charge in [-0.2, -0.15) is 16.0 Å². The molecular weight excluding hydrogens is 264 g/mol. The van der Waals surface area contributed by atoms with Crippen molar-refractivity contribution in [1.29, 1.82) is 0 Å². The average molecular weight is 272 g/mol. The Bertz CT molecular complexity index is 13.5. The van der Waals surface area contributed by atoms with E-state index < -0.39 is 0 Å². The van der Waals surface area contributed by atoms with Crippen LogP contribution in [0.2, 0.25) is 0 Å². The molecule has 0 saturated carbocycles. The second-order valence-corrected chi connectivity index (χ2v) is 0.333. The molecule has 1 atom stereocenters. The second-order valence-electron chi connectivity index (χ2n) is 0.333. The van der Waals surface area contributed by atoms with Crippen LogP contribution in [-0.2, 0) is 21.1 Å². The fourth-order valence-corrected chi connectivity index (χ4v) is 0. The molecule has 0 aromatic heterocycles. The van der Waals surface area contributed by atoms with Gasteiger partial charge in [0.1, 0.15) is 0 Å². The van der Waals surface area contributed by atoms with Crippen molar-refractivity contribution >= 4 is 16.7 Å². The molecule has 2 N–H and O–H groups in total. The van der Waals surface area contributed by atoms with Crippen molar-refractivity contribution in [1.82, 2.24) is 0 Å². The van der Waals surface area contributed by atoms with Gasteiger partial charge in [0.15, 0.2) is 0 Å². The smallest absolute Gasteiger partial charge is 0.0996 e. The Morgan fingerprint density at radius 1 is 1.67 bits per heavy atom. The summed E-state index contributed by atoms with van der Waals surface area (Å²) in [6.45, 7) is 3.28. The number of hydrogen-bond donors (Lipinski definition) is 1. The van der Waals surface area contributed by atoms with Crippen molar-refractivity contribution in [3.63, 3.8) is 0 Å². The topological polar surface area (TPSA) is 26.0 Å². The molecule has 0 saturated heterocycles. The van der Waals surface area contributed by atoms with Crippen molar-refractivity contribution < 1.29 is 21.1 Å². The van der Waals surface area contributed by atoms with Crippen LogP contribution in [0.15, 0.2) is 0 Å². The normalized spacial score (nSPS) is 3.83. The summed E-state index contributed by atoms with van der Waals surface area (Å²) in [5.41, 5.74) is 4.72. The molecule has 0 rings (SSSR count). The SMILES string of the molecule is C[CH-]N.[B]P.[W]. The minimum atomic E-state index is 0. The van der Waals surface area contributed by atoms with Gasteiger partial charge in [0, 0.05) is 21.1 Å². The van der Waals surface area contributed by atoms with Crippen LogP contribution in [0.5, 0.6) is 0 Å². The standard InChI is InChI=1S/C2H6N.BH2P.W/c1-2-3;1-2;/h2H,3H2,1H3;2H2;/q-1;;. The van der Waals surface area contributed by atoms with E-state index in [0.29, 0.717) is 0 Å². The molecule has 1 nitrogen and oxygen atoms in total. The molecule has 6 heavy (non-hydrogen) atoms. The van der Waals surface area contributed by atoms with Gasteiger partial charge in [-0.05, 0) is 0 Å². The Morgan fingerprint density at radius 2 is 1.67 bits per heavy atom. The Hall–Kier alpha value is 1.14. The first-order chi connectivity index (χ1) is 2.41. The van der Waals surface area contributed by atoms with Gasteiger partial charge in [0.25, 0.3) is 0 Å². The van der Waals surface area contributed by atoms with Crippen LogP contribution in [0.1, 0.15) is 6.92 Å². The zero-order valence-corrected chi connectivity index (χ0v) is 7.81. The number of rotatable bonds is 0. The van der Waals surface area contributed by atoms with E-state index in [4.69, 9.17) is 5.73 Å². The third-order valence-corrected chi connectivity index (χ3v) is 0. The minimum Gasteiger partial charge on any atom is -0.484 e. The molecule has 4 heteroatoms. The van der Waals surface area contributed by atoms with E-state index in [1.807, 2.05) is 9.12 Å². The van der Waals surface area contributed by atoms with Crippen LogP contribution in [-0.4, -0.2) is 7.57 Å². The average Bonchev–Trinajstić information content (AvgIpc) is 1.46. The first-order valence-corrected chi connectivity index (χ1v) is 1.91. The number of nitrogens with two attached hydrogens (primary N) is 1. The summed E-state index contributed by atoms with van der Waals surface area (Å²) in [6.07, 6.45) is 0. The van der Waals surface area contributed by atoms with Gasteiger partial charge in [0.2, 0.25) is 0 Å². The fourth-order valence-electron chi connectivity index (χ4n) is 0. The summed E-state index contributed by atoms with van der Waals surface area (Å²) in [5, 5.41) is 0. The molecule has 36 valence electrons. The zero-order chi connectivity index (χ0) is 4.71. The van der Waals surface area contributed by atoms with E-state index in [-0.39, 0.29) is 21.1 Å². The summed E-state index contributed by atoms with van der Waals surface area (Å²) in [4.78, 5) is 0. The van der Waals surface area contributed by atoms with E-state index in [1.165, 1.54) is 6.54 Å². The third kappa shape index (κ3) is 67.6. The Morgan fingerprint density at radius 3 is 1.67 bits per heavy atom. The van der Waals surface area contributed by atoms with Crippen LogP contribution >= 0.6 is 9.12 Å². The summed E-state index contributed by atoms with van der Waals surface area (Å²) in [6, 6.07) is 0. The maximum atomic E-state index is 4.72. The van der Waals surface area contributed by atoms with Crippen molar-refractivity contribution in [3.05, 3.63) is 6.54 Å². The van der Waals surface area contributed by atoms with Gasteiger partial charge < -0.3 is 5.73 Å². The molecule has 0 heterocycles. The molecule has 0 aliphatic rings. The van der Waals surface area contributed by atoms with Crippen LogP contribution in [0.4, 0.5) is 0 Å². The van der Waals surface area contributed by atoms with Gasteiger partial charge in [-0.1, -0.05) is 0 Å². The molecule has 0 aromatic carbocycles. The van der Waals surface area contributed by atoms with Crippen LogP contribution in [0.25, 0.3) is 0 Å². The van der Waals surface area contributed by atoms with Crippen LogP contribution in [0.3, 0.4) is 0 Å².